The lowest BCUT2D eigenvalue weighted by molar-refractivity contribution is 0.0990. The Hall–Kier alpha value is -3.38. The third kappa shape index (κ3) is 4.29. The minimum absolute atomic E-state index is 0.127. The van der Waals surface area contributed by atoms with E-state index < -0.39 is 5.82 Å². The Morgan fingerprint density at radius 3 is 2.61 bits per heavy atom. The molecule has 0 saturated heterocycles. The molecule has 0 unspecified atom stereocenters. The van der Waals surface area contributed by atoms with Crippen LogP contribution in [0, 0.1) is 17.1 Å². The number of carbonyl (C=O) groups is 1. The van der Waals surface area contributed by atoms with E-state index in [-0.39, 0.29) is 40.2 Å². The van der Waals surface area contributed by atoms with Crippen molar-refractivity contribution >= 4 is 27.4 Å². The SMILES string of the molecule is N#Cc1ccc(C(=O)Cc2nonc2C(Cc2ccc(F)c(Br)c2)=NO)cc1. The highest BCUT2D eigenvalue weighted by Crippen LogP contribution is 2.19. The van der Waals surface area contributed by atoms with Crippen LogP contribution in [0.1, 0.15) is 32.9 Å². The van der Waals surface area contributed by atoms with Crippen molar-refractivity contribution < 1.29 is 19.0 Å². The van der Waals surface area contributed by atoms with Crippen LogP contribution in [-0.4, -0.2) is 27.0 Å². The predicted molar refractivity (Wildman–Crippen MR) is 99.6 cm³/mol. The minimum Gasteiger partial charge on any atom is -0.411 e. The molecule has 0 aliphatic carbocycles. The predicted octanol–water partition coefficient (Wildman–Crippen LogP) is 3.69. The molecule has 0 fully saturated rings. The van der Waals surface area contributed by atoms with Gasteiger partial charge in [0.1, 0.15) is 17.2 Å². The fraction of sp³-hybridized carbons (Fsp3) is 0.105. The van der Waals surface area contributed by atoms with Gasteiger partial charge in [-0.15, -0.1) is 0 Å². The highest BCUT2D eigenvalue weighted by atomic mass is 79.9. The van der Waals surface area contributed by atoms with E-state index in [1.807, 2.05) is 6.07 Å². The van der Waals surface area contributed by atoms with E-state index in [1.165, 1.54) is 6.07 Å². The molecule has 1 heterocycles. The molecule has 0 spiro atoms. The Morgan fingerprint density at radius 1 is 1.21 bits per heavy atom. The van der Waals surface area contributed by atoms with Gasteiger partial charge < -0.3 is 5.21 Å². The molecule has 9 heteroatoms. The molecule has 1 aromatic heterocycles. The van der Waals surface area contributed by atoms with E-state index in [1.54, 1.807) is 36.4 Å². The monoisotopic (exact) mass is 442 g/mol. The molecule has 0 aliphatic rings. The van der Waals surface area contributed by atoms with E-state index >= 15 is 0 Å². The van der Waals surface area contributed by atoms with Crippen LogP contribution in [0.3, 0.4) is 0 Å². The van der Waals surface area contributed by atoms with Gasteiger partial charge in [0.15, 0.2) is 11.5 Å². The summed E-state index contributed by atoms with van der Waals surface area (Å²) in [5.74, 6) is -0.675. The van der Waals surface area contributed by atoms with Gasteiger partial charge in [0, 0.05) is 12.0 Å². The summed E-state index contributed by atoms with van der Waals surface area (Å²) in [6.45, 7) is 0. The van der Waals surface area contributed by atoms with E-state index in [2.05, 4.69) is 31.4 Å². The molecule has 3 aromatic rings. The fourth-order valence-electron chi connectivity index (χ4n) is 2.54. The summed E-state index contributed by atoms with van der Waals surface area (Å²) in [5, 5.41) is 28.9. The lowest BCUT2D eigenvalue weighted by Gasteiger charge is -2.05. The maximum Gasteiger partial charge on any atom is 0.169 e. The van der Waals surface area contributed by atoms with Crippen LogP contribution in [0.4, 0.5) is 4.39 Å². The number of carbonyl (C=O) groups excluding carboxylic acids is 1. The van der Waals surface area contributed by atoms with Gasteiger partial charge in [0.25, 0.3) is 0 Å². The van der Waals surface area contributed by atoms with Crippen molar-refractivity contribution in [2.45, 2.75) is 12.8 Å². The molecule has 0 atom stereocenters. The molecule has 3 rings (SSSR count). The van der Waals surface area contributed by atoms with Crippen molar-refractivity contribution in [3.63, 3.8) is 0 Å². The number of benzene rings is 2. The quantitative estimate of drug-likeness (QED) is 0.269. The smallest absolute Gasteiger partial charge is 0.169 e. The molecule has 0 aliphatic heterocycles. The van der Waals surface area contributed by atoms with Gasteiger partial charge in [0.2, 0.25) is 0 Å². The summed E-state index contributed by atoms with van der Waals surface area (Å²) in [7, 11) is 0. The first kappa shape index (κ1) is 19.4. The lowest BCUT2D eigenvalue weighted by atomic mass is 10.0. The number of hydrogen-bond donors (Lipinski definition) is 1. The second-order valence-corrected chi connectivity index (χ2v) is 6.67. The highest BCUT2D eigenvalue weighted by molar-refractivity contribution is 9.10. The zero-order valence-corrected chi connectivity index (χ0v) is 15.9. The molecule has 0 amide bonds. The Balaban J connectivity index is 1.80. The Bertz CT molecular complexity index is 1090. The van der Waals surface area contributed by atoms with Gasteiger partial charge in [-0.25, -0.2) is 9.02 Å². The number of oxime groups is 1. The number of nitrogens with zero attached hydrogens (tertiary/aromatic N) is 4. The summed E-state index contributed by atoms with van der Waals surface area (Å²) in [5.41, 5.74) is 1.99. The van der Waals surface area contributed by atoms with Crippen molar-refractivity contribution in [2.75, 3.05) is 0 Å². The van der Waals surface area contributed by atoms with Gasteiger partial charge in [-0.05, 0) is 50.9 Å². The van der Waals surface area contributed by atoms with Crippen LogP contribution < -0.4 is 0 Å². The van der Waals surface area contributed by atoms with Gasteiger partial charge in [-0.3, -0.25) is 4.79 Å². The molecule has 0 bridgehead atoms. The largest absolute Gasteiger partial charge is 0.411 e. The second-order valence-electron chi connectivity index (χ2n) is 5.82. The van der Waals surface area contributed by atoms with Gasteiger partial charge in [-0.1, -0.05) is 28.5 Å². The molecule has 0 radical (unpaired) electrons. The number of Topliss-reactive ketones (excluding diaryl/α,β-unsaturated/α-hetero) is 1. The number of ketones is 1. The van der Waals surface area contributed by atoms with Gasteiger partial charge in [0.05, 0.1) is 22.5 Å². The average Bonchev–Trinajstić information content (AvgIpc) is 3.16. The minimum atomic E-state index is -0.414. The Kier molecular flexibility index (Phi) is 5.91. The molecular formula is C19H12BrFN4O3. The first-order valence-corrected chi connectivity index (χ1v) is 8.81. The highest BCUT2D eigenvalue weighted by Gasteiger charge is 2.21. The third-order valence-corrected chi connectivity index (χ3v) is 4.58. The maximum atomic E-state index is 13.4. The number of rotatable bonds is 6. The van der Waals surface area contributed by atoms with E-state index in [9.17, 15) is 14.4 Å². The first-order chi connectivity index (χ1) is 13.5. The number of nitriles is 1. The van der Waals surface area contributed by atoms with Gasteiger partial charge >= 0.3 is 0 Å². The summed E-state index contributed by atoms with van der Waals surface area (Å²) in [6, 6.07) is 12.5. The standard InChI is InChI=1S/C19H12BrFN4O3/c20-14-7-12(3-6-15(14)21)8-16(23-27)19-17(24-28-25-19)9-18(26)13-4-1-11(10-22)2-5-13/h1-7,27H,8-9H2. The van der Waals surface area contributed by atoms with Crippen LogP contribution >= 0.6 is 15.9 Å². The maximum absolute atomic E-state index is 13.4. The summed E-state index contributed by atoms with van der Waals surface area (Å²) in [4.78, 5) is 12.5. The van der Waals surface area contributed by atoms with Crippen LogP contribution in [-0.2, 0) is 12.8 Å². The van der Waals surface area contributed by atoms with Crippen LogP contribution in [0.2, 0.25) is 0 Å². The summed E-state index contributed by atoms with van der Waals surface area (Å²) < 4.78 is 18.4. The zero-order valence-electron chi connectivity index (χ0n) is 14.3. The molecule has 140 valence electrons. The molecule has 2 aromatic carbocycles. The van der Waals surface area contributed by atoms with E-state index in [0.29, 0.717) is 16.7 Å². The molecule has 7 nitrogen and oxygen atoms in total. The lowest BCUT2D eigenvalue weighted by Crippen LogP contribution is -2.12. The second kappa shape index (κ2) is 8.54. The van der Waals surface area contributed by atoms with Crippen molar-refractivity contribution in [3.8, 4) is 6.07 Å². The van der Waals surface area contributed by atoms with Crippen LogP contribution in [0.25, 0.3) is 0 Å². The zero-order chi connectivity index (χ0) is 20.1. The molecule has 0 saturated carbocycles. The summed E-state index contributed by atoms with van der Waals surface area (Å²) >= 11 is 3.10. The number of aromatic nitrogens is 2. The third-order valence-electron chi connectivity index (χ3n) is 3.97. The first-order valence-electron chi connectivity index (χ1n) is 8.02. The molecule has 1 N–H and O–H groups in total. The Labute approximate surface area is 167 Å². The number of hydrogen-bond acceptors (Lipinski definition) is 7. The number of halogens is 2. The van der Waals surface area contributed by atoms with Crippen LogP contribution in [0.15, 0.2) is 56.7 Å². The van der Waals surface area contributed by atoms with Crippen molar-refractivity contribution in [2.24, 2.45) is 5.16 Å². The topological polar surface area (TPSA) is 112 Å². The fourth-order valence-corrected chi connectivity index (χ4v) is 2.96. The van der Waals surface area contributed by atoms with Crippen molar-refractivity contribution in [3.05, 3.63) is 80.8 Å². The average molecular weight is 443 g/mol. The van der Waals surface area contributed by atoms with E-state index in [4.69, 9.17) is 9.89 Å². The van der Waals surface area contributed by atoms with Gasteiger partial charge in [-0.2, -0.15) is 5.26 Å². The van der Waals surface area contributed by atoms with Crippen molar-refractivity contribution in [1.29, 1.82) is 5.26 Å². The van der Waals surface area contributed by atoms with E-state index in [0.717, 1.165) is 0 Å². The Morgan fingerprint density at radius 2 is 1.96 bits per heavy atom. The molecular weight excluding hydrogens is 431 g/mol. The summed E-state index contributed by atoms with van der Waals surface area (Å²) in [6.07, 6.45) is -0.00147. The molecule has 28 heavy (non-hydrogen) atoms. The van der Waals surface area contributed by atoms with Crippen molar-refractivity contribution in [1.82, 2.24) is 10.3 Å². The normalized spacial score (nSPS) is 11.2. The van der Waals surface area contributed by atoms with Crippen LogP contribution in [0.5, 0.6) is 0 Å².